The minimum atomic E-state index is -0.0831. The minimum absolute atomic E-state index is 0.0291. The molecule has 0 spiro atoms. The van der Waals surface area contributed by atoms with Crippen LogP contribution in [0.5, 0.6) is 0 Å². The predicted molar refractivity (Wildman–Crippen MR) is 69.1 cm³/mol. The molecule has 17 heavy (non-hydrogen) atoms. The highest BCUT2D eigenvalue weighted by Gasteiger charge is 2.30. The Hall–Kier alpha value is -1.19. The van der Waals surface area contributed by atoms with Crippen molar-refractivity contribution in [3.63, 3.8) is 0 Å². The van der Waals surface area contributed by atoms with Crippen molar-refractivity contribution in [3.8, 4) is 0 Å². The summed E-state index contributed by atoms with van der Waals surface area (Å²) in [5.74, 6) is 0. The van der Waals surface area contributed by atoms with E-state index in [1.165, 1.54) is 19.3 Å². The molecule has 0 aromatic carbocycles. The number of nitrogens with zero attached hydrogens (tertiary/aromatic N) is 2. The van der Waals surface area contributed by atoms with Gasteiger partial charge in [0.25, 0.3) is 5.56 Å². The molecule has 0 saturated heterocycles. The van der Waals surface area contributed by atoms with E-state index in [0.29, 0.717) is 0 Å². The normalized spacial score (nSPS) is 11.7. The molecule has 0 amide bonds. The zero-order valence-electron chi connectivity index (χ0n) is 11.1. The van der Waals surface area contributed by atoms with Gasteiger partial charge in [-0.3, -0.25) is 4.79 Å². The molecule has 1 rings (SSSR count). The van der Waals surface area contributed by atoms with E-state index in [2.05, 4.69) is 36.2 Å². The van der Waals surface area contributed by atoms with E-state index < -0.39 is 0 Å². The Morgan fingerprint density at radius 3 is 2.47 bits per heavy atom. The van der Waals surface area contributed by atoms with Crippen LogP contribution in [0.15, 0.2) is 11.0 Å². The molecule has 4 heteroatoms. The fraction of sp³-hybridized carbons (Fsp3) is 0.769. The zero-order chi connectivity index (χ0) is 12.7. The van der Waals surface area contributed by atoms with Gasteiger partial charge in [0.1, 0.15) is 0 Å². The van der Waals surface area contributed by atoms with Crippen LogP contribution >= 0.6 is 0 Å². The van der Waals surface area contributed by atoms with Crippen LogP contribution in [0, 0.1) is 0 Å². The Kier molecular flexibility index (Phi) is 5.32. The van der Waals surface area contributed by atoms with E-state index in [9.17, 15) is 4.79 Å². The molecule has 0 fully saturated rings. The summed E-state index contributed by atoms with van der Waals surface area (Å²) in [5.41, 5.74) is 0.687. The summed E-state index contributed by atoms with van der Waals surface area (Å²) >= 11 is 0. The Morgan fingerprint density at radius 2 is 1.94 bits per heavy atom. The van der Waals surface area contributed by atoms with E-state index in [1.807, 2.05) is 0 Å². The topological polar surface area (TPSA) is 58.6 Å². The average molecular weight is 237 g/mol. The molecule has 4 nitrogen and oxygen atoms in total. The first-order valence-electron chi connectivity index (χ1n) is 6.61. The van der Waals surface area contributed by atoms with Crippen LogP contribution in [0.4, 0.5) is 0 Å². The van der Waals surface area contributed by atoms with Crippen molar-refractivity contribution in [2.75, 3.05) is 0 Å². The lowest BCUT2D eigenvalue weighted by Gasteiger charge is -2.31. The van der Waals surface area contributed by atoms with Gasteiger partial charge in [0.2, 0.25) is 0 Å². The molecule has 1 aromatic heterocycles. The number of nitrogens with one attached hydrogen (secondary N) is 1. The maximum Gasteiger partial charge on any atom is 0.270 e. The maximum atomic E-state index is 11.9. The second-order valence-electron chi connectivity index (χ2n) is 4.64. The van der Waals surface area contributed by atoms with Crippen LogP contribution in [0.25, 0.3) is 0 Å². The summed E-state index contributed by atoms with van der Waals surface area (Å²) in [6.45, 7) is 6.49. The van der Waals surface area contributed by atoms with Crippen LogP contribution in [0.2, 0.25) is 0 Å². The van der Waals surface area contributed by atoms with Gasteiger partial charge in [-0.25, -0.2) is 5.10 Å². The standard InChI is InChI=1S/C13H23N3O/c1-4-7-8-9-13(5-2,6-3)11-10-14-16-15-12(11)17/h10H,4-9H2,1-3H3,(H,14,15,17). The molecule has 0 atom stereocenters. The molecular formula is C13H23N3O. The molecule has 1 heterocycles. The fourth-order valence-electron chi connectivity index (χ4n) is 2.49. The maximum absolute atomic E-state index is 11.9. The number of H-pyrrole nitrogens is 1. The van der Waals surface area contributed by atoms with Gasteiger partial charge in [-0.1, -0.05) is 45.2 Å². The average Bonchev–Trinajstić information content (AvgIpc) is 2.36. The largest absolute Gasteiger partial charge is 0.270 e. The van der Waals surface area contributed by atoms with Gasteiger partial charge in [-0.05, 0) is 19.3 Å². The third kappa shape index (κ3) is 3.14. The summed E-state index contributed by atoms with van der Waals surface area (Å²) in [6, 6.07) is 0. The first-order chi connectivity index (χ1) is 8.20. The van der Waals surface area contributed by atoms with Gasteiger partial charge in [0, 0.05) is 11.0 Å². The molecular weight excluding hydrogens is 214 g/mol. The Labute approximate surface area is 103 Å². The Morgan fingerprint density at radius 1 is 1.24 bits per heavy atom. The summed E-state index contributed by atoms with van der Waals surface area (Å²) in [7, 11) is 0. The number of aromatic amines is 1. The lowest BCUT2D eigenvalue weighted by Crippen LogP contribution is -2.33. The number of unbranched alkanes of at least 4 members (excludes halogenated alkanes) is 2. The van der Waals surface area contributed by atoms with Crippen LogP contribution in [0.3, 0.4) is 0 Å². The van der Waals surface area contributed by atoms with Crippen molar-refractivity contribution < 1.29 is 0 Å². The molecule has 1 N–H and O–H groups in total. The third-order valence-corrected chi connectivity index (χ3v) is 3.82. The van der Waals surface area contributed by atoms with Crippen LogP contribution in [-0.2, 0) is 5.41 Å². The molecule has 0 aliphatic carbocycles. The van der Waals surface area contributed by atoms with E-state index in [4.69, 9.17) is 0 Å². The lowest BCUT2D eigenvalue weighted by molar-refractivity contribution is 0.344. The predicted octanol–water partition coefficient (Wildman–Crippen LogP) is 2.80. The van der Waals surface area contributed by atoms with E-state index in [-0.39, 0.29) is 11.0 Å². The first-order valence-corrected chi connectivity index (χ1v) is 6.61. The van der Waals surface area contributed by atoms with E-state index in [0.717, 1.165) is 24.8 Å². The molecule has 0 unspecified atom stereocenters. The molecule has 0 aliphatic rings. The molecule has 0 radical (unpaired) electrons. The molecule has 0 bridgehead atoms. The summed E-state index contributed by atoms with van der Waals surface area (Å²) < 4.78 is 0. The van der Waals surface area contributed by atoms with Crippen molar-refractivity contribution >= 4 is 0 Å². The van der Waals surface area contributed by atoms with Gasteiger partial charge in [0.15, 0.2) is 0 Å². The van der Waals surface area contributed by atoms with Crippen LogP contribution < -0.4 is 5.56 Å². The summed E-state index contributed by atoms with van der Waals surface area (Å²) in [4.78, 5) is 11.9. The molecule has 1 aromatic rings. The number of hydrogen-bond donors (Lipinski definition) is 1. The van der Waals surface area contributed by atoms with Gasteiger partial charge >= 0.3 is 0 Å². The number of aromatic nitrogens is 3. The molecule has 0 saturated carbocycles. The van der Waals surface area contributed by atoms with Gasteiger partial charge in [-0.15, -0.1) is 5.10 Å². The van der Waals surface area contributed by atoms with Gasteiger partial charge in [0.05, 0.1) is 6.20 Å². The Bertz CT molecular complexity index is 382. The third-order valence-electron chi connectivity index (χ3n) is 3.82. The van der Waals surface area contributed by atoms with Crippen LogP contribution in [0.1, 0.15) is 64.9 Å². The first kappa shape index (κ1) is 13.9. The van der Waals surface area contributed by atoms with Gasteiger partial charge < -0.3 is 0 Å². The van der Waals surface area contributed by atoms with E-state index >= 15 is 0 Å². The van der Waals surface area contributed by atoms with Crippen molar-refractivity contribution in [1.82, 2.24) is 15.4 Å². The number of hydrogen-bond acceptors (Lipinski definition) is 3. The van der Waals surface area contributed by atoms with Crippen molar-refractivity contribution in [2.45, 2.75) is 64.7 Å². The molecule has 96 valence electrons. The fourth-order valence-corrected chi connectivity index (χ4v) is 2.49. The van der Waals surface area contributed by atoms with Crippen molar-refractivity contribution in [3.05, 3.63) is 22.1 Å². The highest BCUT2D eigenvalue weighted by molar-refractivity contribution is 5.17. The smallest absolute Gasteiger partial charge is 0.268 e. The zero-order valence-corrected chi connectivity index (χ0v) is 11.1. The lowest BCUT2D eigenvalue weighted by atomic mass is 9.73. The highest BCUT2D eigenvalue weighted by Crippen LogP contribution is 2.34. The van der Waals surface area contributed by atoms with Crippen LogP contribution in [-0.4, -0.2) is 15.4 Å². The monoisotopic (exact) mass is 237 g/mol. The van der Waals surface area contributed by atoms with Crippen molar-refractivity contribution in [1.29, 1.82) is 0 Å². The Balaban J connectivity index is 2.98. The SMILES string of the molecule is CCCCCC(CC)(CC)c1cnn[nH]c1=O. The minimum Gasteiger partial charge on any atom is -0.268 e. The second kappa shape index (κ2) is 6.52. The molecule has 0 aliphatic heterocycles. The second-order valence-corrected chi connectivity index (χ2v) is 4.64. The van der Waals surface area contributed by atoms with Crippen molar-refractivity contribution in [2.24, 2.45) is 0 Å². The van der Waals surface area contributed by atoms with Gasteiger partial charge in [-0.2, -0.15) is 0 Å². The highest BCUT2D eigenvalue weighted by atomic mass is 16.1. The summed E-state index contributed by atoms with van der Waals surface area (Å²) in [6.07, 6.45) is 8.23. The number of rotatable bonds is 7. The quantitative estimate of drug-likeness (QED) is 0.742. The van der Waals surface area contributed by atoms with E-state index in [1.54, 1.807) is 6.20 Å². The summed E-state index contributed by atoms with van der Waals surface area (Å²) in [5, 5.41) is 9.81.